The molecule has 1 unspecified atom stereocenters. The highest BCUT2D eigenvalue weighted by molar-refractivity contribution is 5.14. The summed E-state index contributed by atoms with van der Waals surface area (Å²) in [5.41, 5.74) is 1.07. The molecule has 1 saturated carbocycles. The zero-order valence-corrected chi connectivity index (χ0v) is 13.4. The van der Waals surface area contributed by atoms with Gasteiger partial charge in [0.25, 0.3) is 0 Å². The van der Waals surface area contributed by atoms with Crippen molar-refractivity contribution in [3.63, 3.8) is 0 Å². The molecule has 0 aromatic carbocycles. The van der Waals surface area contributed by atoms with Crippen LogP contribution in [0, 0.1) is 5.92 Å². The SMILES string of the molecule is c1ccc(OCC2CCCN(Cc3cc(C4CC4)on3)C2)nc1. The summed E-state index contributed by atoms with van der Waals surface area (Å²) in [7, 11) is 0. The lowest BCUT2D eigenvalue weighted by molar-refractivity contribution is 0.121. The van der Waals surface area contributed by atoms with Crippen LogP contribution in [0.25, 0.3) is 0 Å². The topological polar surface area (TPSA) is 51.4 Å². The van der Waals surface area contributed by atoms with Crippen LogP contribution in [0.15, 0.2) is 35.0 Å². The van der Waals surface area contributed by atoms with E-state index in [-0.39, 0.29) is 0 Å². The van der Waals surface area contributed by atoms with Gasteiger partial charge < -0.3 is 9.26 Å². The van der Waals surface area contributed by atoms with Crippen molar-refractivity contribution in [3.05, 3.63) is 41.9 Å². The Balaban J connectivity index is 1.28. The van der Waals surface area contributed by atoms with E-state index in [0.717, 1.165) is 43.6 Å². The summed E-state index contributed by atoms with van der Waals surface area (Å²) in [6.07, 6.45) is 6.71. The Labute approximate surface area is 136 Å². The number of pyridine rings is 1. The molecule has 0 spiro atoms. The van der Waals surface area contributed by atoms with E-state index in [1.54, 1.807) is 6.20 Å². The van der Waals surface area contributed by atoms with Crippen LogP contribution in [-0.2, 0) is 6.54 Å². The van der Waals surface area contributed by atoms with Gasteiger partial charge in [0.15, 0.2) is 0 Å². The van der Waals surface area contributed by atoms with Crippen molar-refractivity contribution < 1.29 is 9.26 Å². The van der Waals surface area contributed by atoms with Crippen molar-refractivity contribution in [2.45, 2.75) is 38.1 Å². The number of aromatic nitrogens is 2. The smallest absolute Gasteiger partial charge is 0.213 e. The van der Waals surface area contributed by atoms with Gasteiger partial charge in [-0.2, -0.15) is 0 Å². The van der Waals surface area contributed by atoms with E-state index in [4.69, 9.17) is 9.26 Å². The third-order valence-corrected chi connectivity index (χ3v) is 4.65. The number of nitrogens with zero attached hydrogens (tertiary/aromatic N) is 3. The van der Waals surface area contributed by atoms with Crippen molar-refractivity contribution >= 4 is 0 Å². The Hall–Kier alpha value is -1.88. The zero-order chi connectivity index (χ0) is 15.5. The molecule has 0 radical (unpaired) electrons. The van der Waals surface area contributed by atoms with E-state index in [9.17, 15) is 0 Å². The molecule has 0 amide bonds. The minimum absolute atomic E-state index is 0.556. The Morgan fingerprint density at radius 2 is 2.22 bits per heavy atom. The Morgan fingerprint density at radius 1 is 1.26 bits per heavy atom. The average molecular weight is 313 g/mol. The molecule has 1 aliphatic carbocycles. The monoisotopic (exact) mass is 313 g/mol. The largest absolute Gasteiger partial charge is 0.477 e. The van der Waals surface area contributed by atoms with Crippen LogP contribution in [-0.4, -0.2) is 34.7 Å². The molecule has 0 N–H and O–H groups in total. The lowest BCUT2D eigenvalue weighted by Crippen LogP contribution is -2.37. The molecule has 2 aromatic heterocycles. The van der Waals surface area contributed by atoms with E-state index in [1.165, 1.54) is 25.7 Å². The summed E-state index contributed by atoms with van der Waals surface area (Å²) in [5.74, 6) is 2.99. The van der Waals surface area contributed by atoms with Gasteiger partial charge in [-0.15, -0.1) is 0 Å². The van der Waals surface area contributed by atoms with Crippen LogP contribution in [0.5, 0.6) is 5.88 Å². The molecular formula is C18H23N3O2. The first-order chi connectivity index (χ1) is 11.4. The molecule has 23 heavy (non-hydrogen) atoms. The van der Waals surface area contributed by atoms with Gasteiger partial charge in [-0.25, -0.2) is 4.98 Å². The van der Waals surface area contributed by atoms with Gasteiger partial charge in [-0.1, -0.05) is 11.2 Å². The van der Waals surface area contributed by atoms with Crippen molar-refractivity contribution in [1.29, 1.82) is 0 Å². The summed E-state index contributed by atoms with van der Waals surface area (Å²) in [4.78, 5) is 6.68. The zero-order valence-electron chi connectivity index (χ0n) is 13.4. The van der Waals surface area contributed by atoms with Gasteiger partial charge in [0.1, 0.15) is 5.76 Å². The summed E-state index contributed by atoms with van der Waals surface area (Å²) < 4.78 is 11.3. The highest BCUT2D eigenvalue weighted by atomic mass is 16.5. The van der Waals surface area contributed by atoms with Crippen LogP contribution >= 0.6 is 0 Å². The second-order valence-electron chi connectivity index (χ2n) is 6.72. The van der Waals surface area contributed by atoms with Crippen molar-refractivity contribution in [1.82, 2.24) is 15.0 Å². The molecule has 122 valence electrons. The summed E-state index contributed by atoms with van der Waals surface area (Å²) in [6, 6.07) is 7.92. The van der Waals surface area contributed by atoms with Crippen molar-refractivity contribution in [2.75, 3.05) is 19.7 Å². The van der Waals surface area contributed by atoms with Crippen LogP contribution in [0.2, 0.25) is 0 Å². The van der Waals surface area contributed by atoms with Crippen LogP contribution in [0.4, 0.5) is 0 Å². The first-order valence-corrected chi connectivity index (χ1v) is 8.58. The fourth-order valence-electron chi connectivity index (χ4n) is 3.26. The van der Waals surface area contributed by atoms with Crippen LogP contribution in [0.3, 0.4) is 0 Å². The highest BCUT2D eigenvalue weighted by Gasteiger charge is 2.28. The summed E-state index contributed by atoms with van der Waals surface area (Å²) >= 11 is 0. The van der Waals surface area contributed by atoms with E-state index < -0.39 is 0 Å². The fourth-order valence-corrected chi connectivity index (χ4v) is 3.26. The molecule has 2 aliphatic rings. The molecule has 5 heteroatoms. The average Bonchev–Trinajstić information content (AvgIpc) is 3.34. The number of hydrogen-bond donors (Lipinski definition) is 0. The standard InChI is InChI=1S/C18H23N3O2/c1-2-8-19-18(5-1)22-13-14-4-3-9-21(11-14)12-16-10-17(23-20-16)15-6-7-15/h1-2,5,8,10,14-15H,3-4,6-7,9,11-13H2. The number of rotatable bonds is 6. The molecule has 1 saturated heterocycles. The second kappa shape index (κ2) is 6.71. The summed E-state index contributed by atoms with van der Waals surface area (Å²) in [5, 5.41) is 4.23. The number of hydrogen-bond acceptors (Lipinski definition) is 5. The Bertz CT molecular complexity index is 624. The Kier molecular flexibility index (Phi) is 4.28. The molecule has 3 heterocycles. The van der Waals surface area contributed by atoms with E-state index in [0.29, 0.717) is 11.8 Å². The maximum Gasteiger partial charge on any atom is 0.213 e. The minimum atomic E-state index is 0.556. The van der Waals surface area contributed by atoms with Gasteiger partial charge >= 0.3 is 0 Å². The first kappa shape index (κ1) is 14.7. The maximum absolute atomic E-state index is 5.82. The summed E-state index contributed by atoms with van der Waals surface area (Å²) in [6.45, 7) is 3.81. The van der Waals surface area contributed by atoms with E-state index in [2.05, 4.69) is 21.1 Å². The first-order valence-electron chi connectivity index (χ1n) is 8.58. The third kappa shape index (κ3) is 3.91. The lowest BCUT2D eigenvalue weighted by Gasteiger charge is -2.31. The fraction of sp³-hybridized carbons (Fsp3) is 0.556. The van der Waals surface area contributed by atoms with Crippen molar-refractivity contribution in [2.24, 2.45) is 5.92 Å². The molecule has 2 fully saturated rings. The van der Waals surface area contributed by atoms with Gasteiger partial charge in [0, 0.05) is 43.3 Å². The molecule has 4 rings (SSSR count). The number of ether oxygens (including phenoxy) is 1. The molecule has 5 nitrogen and oxygen atoms in total. The highest BCUT2D eigenvalue weighted by Crippen LogP contribution is 2.40. The number of piperidine rings is 1. The van der Waals surface area contributed by atoms with Gasteiger partial charge in [0.2, 0.25) is 5.88 Å². The molecular weight excluding hydrogens is 290 g/mol. The van der Waals surface area contributed by atoms with Crippen molar-refractivity contribution in [3.8, 4) is 5.88 Å². The predicted octanol–water partition coefficient (Wildman–Crippen LogP) is 3.24. The molecule has 2 aromatic rings. The maximum atomic E-state index is 5.82. The predicted molar refractivity (Wildman–Crippen MR) is 86.2 cm³/mol. The molecule has 1 aliphatic heterocycles. The van der Waals surface area contributed by atoms with Crippen LogP contribution in [0.1, 0.15) is 43.1 Å². The molecule has 1 atom stereocenters. The number of likely N-dealkylation sites (tertiary alicyclic amines) is 1. The van der Waals surface area contributed by atoms with E-state index >= 15 is 0 Å². The normalized spacial score (nSPS) is 22.2. The minimum Gasteiger partial charge on any atom is -0.477 e. The van der Waals surface area contributed by atoms with Gasteiger partial charge in [-0.3, -0.25) is 4.90 Å². The lowest BCUT2D eigenvalue weighted by atomic mass is 9.99. The van der Waals surface area contributed by atoms with Gasteiger partial charge in [-0.05, 0) is 38.3 Å². The second-order valence-corrected chi connectivity index (χ2v) is 6.72. The van der Waals surface area contributed by atoms with Crippen LogP contribution < -0.4 is 4.74 Å². The quantitative estimate of drug-likeness (QED) is 0.819. The molecule has 0 bridgehead atoms. The van der Waals surface area contributed by atoms with Gasteiger partial charge in [0.05, 0.1) is 12.3 Å². The Morgan fingerprint density at radius 3 is 3.04 bits per heavy atom. The third-order valence-electron chi connectivity index (χ3n) is 4.65. The van der Waals surface area contributed by atoms with E-state index in [1.807, 2.05) is 18.2 Å².